The molecule has 0 amide bonds. The Bertz CT molecular complexity index is 432. The van der Waals surface area contributed by atoms with Gasteiger partial charge in [0.05, 0.1) is 0 Å². The van der Waals surface area contributed by atoms with Crippen molar-refractivity contribution in [3.8, 4) is 5.75 Å². The zero-order valence-electron chi connectivity index (χ0n) is 9.25. The molecule has 1 aromatic rings. The Morgan fingerprint density at radius 1 is 1.19 bits per heavy atom. The molecule has 1 aromatic carbocycles. The number of rotatable bonds is 2. The van der Waals surface area contributed by atoms with Gasteiger partial charge in [-0.05, 0) is 6.07 Å². The SMILES string of the molecule is CN1C=CC(C=Cc2ccccc2O)C=C1. The molecule has 0 unspecified atom stereocenters. The van der Waals surface area contributed by atoms with Crippen LogP contribution in [-0.2, 0) is 0 Å². The zero-order valence-corrected chi connectivity index (χ0v) is 9.25. The van der Waals surface area contributed by atoms with Crippen molar-refractivity contribution in [1.29, 1.82) is 0 Å². The molecule has 0 aliphatic carbocycles. The summed E-state index contributed by atoms with van der Waals surface area (Å²) < 4.78 is 0. The van der Waals surface area contributed by atoms with Crippen molar-refractivity contribution >= 4 is 6.08 Å². The normalized spacial score (nSPS) is 16.2. The topological polar surface area (TPSA) is 23.5 Å². The van der Waals surface area contributed by atoms with E-state index in [9.17, 15) is 5.11 Å². The second kappa shape index (κ2) is 4.71. The molecule has 0 fully saturated rings. The maximum Gasteiger partial charge on any atom is 0.122 e. The third-order valence-corrected chi connectivity index (χ3v) is 2.52. The molecule has 0 bridgehead atoms. The predicted octanol–water partition coefficient (Wildman–Crippen LogP) is 2.99. The van der Waals surface area contributed by atoms with Gasteiger partial charge in [-0.15, -0.1) is 0 Å². The largest absolute Gasteiger partial charge is 0.507 e. The van der Waals surface area contributed by atoms with Crippen molar-refractivity contribution < 1.29 is 5.11 Å². The molecule has 0 radical (unpaired) electrons. The van der Waals surface area contributed by atoms with E-state index in [4.69, 9.17) is 0 Å². The van der Waals surface area contributed by atoms with E-state index in [1.54, 1.807) is 6.07 Å². The molecule has 1 N–H and O–H groups in total. The first-order valence-electron chi connectivity index (χ1n) is 5.30. The van der Waals surface area contributed by atoms with E-state index in [0.29, 0.717) is 11.7 Å². The van der Waals surface area contributed by atoms with Gasteiger partial charge in [-0.2, -0.15) is 0 Å². The first-order valence-corrected chi connectivity index (χ1v) is 5.30. The van der Waals surface area contributed by atoms with Gasteiger partial charge in [-0.1, -0.05) is 42.5 Å². The van der Waals surface area contributed by atoms with E-state index in [1.807, 2.05) is 48.6 Å². The highest BCUT2D eigenvalue weighted by Gasteiger charge is 2.01. The van der Waals surface area contributed by atoms with E-state index in [1.165, 1.54) is 0 Å². The third kappa shape index (κ3) is 2.54. The number of allylic oxidation sites excluding steroid dienone is 3. The molecule has 0 saturated heterocycles. The second-order valence-electron chi connectivity index (χ2n) is 3.84. The van der Waals surface area contributed by atoms with E-state index < -0.39 is 0 Å². The van der Waals surface area contributed by atoms with E-state index >= 15 is 0 Å². The summed E-state index contributed by atoms with van der Waals surface area (Å²) >= 11 is 0. The molecule has 0 saturated carbocycles. The number of phenolic OH excluding ortho intramolecular Hbond substituents is 1. The molecule has 2 nitrogen and oxygen atoms in total. The fourth-order valence-corrected chi connectivity index (χ4v) is 1.56. The summed E-state index contributed by atoms with van der Waals surface area (Å²) in [7, 11) is 2.00. The standard InChI is InChI=1S/C14H15NO/c1-15-10-8-12(9-11-15)6-7-13-4-2-3-5-14(13)16/h2-12,16H,1H3. The van der Waals surface area contributed by atoms with Gasteiger partial charge in [0.15, 0.2) is 0 Å². The number of phenols is 1. The lowest BCUT2D eigenvalue weighted by atomic mass is 10.1. The van der Waals surface area contributed by atoms with Gasteiger partial charge in [-0.25, -0.2) is 0 Å². The van der Waals surface area contributed by atoms with Crippen LogP contribution in [0.2, 0.25) is 0 Å². The van der Waals surface area contributed by atoms with Gasteiger partial charge >= 0.3 is 0 Å². The van der Waals surface area contributed by atoms with Gasteiger partial charge in [0.2, 0.25) is 0 Å². The molecule has 2 heteroatoms. The van der Waals surface area contributed by atoms with Crippen LogP contribution in [0.15, 0.2) is 54.9 Å². The lowest BCUT2D eigenvalue weighted by molar-refractivity contribution is 0.474. The number of aromatic hydroxyl groups is 1. The minimum atomic E-state index is 0.302. The van der Waals surface area contributed by atoms with Crippen LogP contribution in [0, 0.1) is 5.92 Å². The van der Waals surface area contributed by atoms with Crippen LogP contribution in [0.25, 0.3) is 6.08 Å². The monoisotopic (exact) mass is 213 g/mol. The summed E-state index contributed by atoms with van der Waals surface area (Å²) in [5.41, 5.74) is 0.850. The molecule has 2 rings (SSSR count). The molecular formula is C14H15NO. The van der Waals surface area contributed by atoms with Crippen molar-refractivity contribution in [3.63, 3.8) is 0 Å². The number of hydrogen-bond acceptors (Lipinski definition) is 2. The van der Waals surface area contributed by atoms with Gasteiger partial charge in [0, 0.05) is 30.9 Å². The van der Waals surface area contributed by atoms with Crippen LogP contribution in [0.4, 0.5) is 0 Å². The highest BCUT2D eigenvalue weighted by Crippen LogP contribution is 2.19. The highest BCUT2D eigenvalue weighted by atomic mass is 16.3. The van der Waals surface area contributed by atoms with Crippen LogP contribution < -0.4 is 0 Å². The van der Waals surface area contributed by atoms with Crippen LogP contribution in [0.5, 0.6) is 5.75 Å². The quantitative estimate of drug-likeness (QED) is 0.816. The molecule has 0 atom stereocenters. The first kappa shape index (κ1) is 10.6. The summed E-state index contributed by atoms with van der Waals surface area (Å²) in [6.07, 6.45) is 12.3. The number of benzene rings is 1. The predicted molar refractivity (Wildman–Crippen MR) is 66.7 cm³/mol. The maximum absolute atomic E-state index is 9.59. The number of para-hydroxylation sites is 1. The molecule has 16 heavy (non-hydrogen) atoms. The van der Waals surface area contributed by atoms with Gasteiger partial charge < -0.3 is 10.0 Å². The van der Waals surface area contributed by atoms with E-state index in [2.05, 4.69) is 18.2 Å². The molecule has 0 spiro atoms. The minimum absolute atomic E-state index is 0.302. The molecule has 1 aliphatic rings. The Morgan fingerprint density at radius 3 is 2.56 bits per heavy atom. The Kier molecular flexibility index (Phi) is 3.10. The number of hydrogen-bond donors (Lipinski definition) is 1. The van der Waals surface area contributed by atoms with Crippen LogP contribution >= 0.6 is 0 Å². The Morgan fingerprint density at radius 2 is 1.88 bits per heavy atom. The van der Waals surface area contributed by atoms with Crippen molar-refractivity contribution in [2.24, 2.45) is 5.92 Å². The van der Waals surface area contributed by atoms with E-state index in [-0.39, 0.29) is 0 Å². The molecular weight excluding hydrogens is 198 g/mol. The fraction of sp³-hybridized carbons (Fsp3) is 0.143. The van der Waals surface area contributed by atoms with Crippen molar-refractivity contribution in [2.45, 2.75) is 0 Å². The molecule has 82 valence electrons. The van der Waals surface area contributed by atoms with Gasteiger partial charge in [0.1, 0.15) is 5.75 Å². The minimum Gasteiger partial charge on any atom is -0.507 e. The summed E-state index contributed by atoms with van der Waals surface area (Å²) in [5, 5.41) is 9.59. The highest BCUT2D eigenvalue weighted by molar-refractivity contribution is 5.57. The summed E-state index contributed by atoms with van der Waals surface area (Å²) in [6, 6.07) is 7.33. The Hall–Kier alpha value is -1.96. The Balaban J connectivity index is 2.08. The number of nitrogens with zero attached hydrogens (tertiary/aromatic N) is 1. The first-order chi connectivity index (χ1) is 7.75. The Labute approximate surface area is 95.8 Å². The van der Waals surface area contributed by atoms with Crippen molar-refractivity contribution in [2.75, 3.05) is 7.05 Å². The summed E-state index contributed by atoms with van der Waals surface area (Å²) in [5.74, 6) is 0.621. The van der Waals surface area contributed by atoms with Crippen LogP contribution in [0.3, 0.4) is 0 Å². The van der Waals surface area contributed by atoms with Gasteiger partial charge in [-0.3, -0.25) is 0 Å². The second-order valence-corrected chi connectivity index (χ2v) is 3.84. The summed E-state index contributed by atoms with van der Waals surface area (Å²) in [4.78, 5) is 2.00. The lowest BCUT2D eigenvalue weighted by Gasteiger charge is -2.14. The van der Waals surface area contributed by atoms with Crippen LogP contribution in [0.1, 0.15) is 5.56 Å². The van der Waals surface area contributed by atoms with E-state index in [0.717, 1.165) is 5.56 Å². The van der Waals surface area contributed by atoms with Crippen molar-refractivity contribution in [3.05, 3.63) is 60.5 Å². The fourth-order valence-electron chi connectivity index (χ4n) is 1.56. The molecule has 1 aliphatic heterocycles. The molecule has 1 heterocycles. The third-order valence-electron chi connectivity index (χ3n) is 2.52. The summed E-state index contributed by atoms with van der Waals surface area (Å²) in [6.45, 7) is 0. The molecule has 0 aromatic heterocycles. The maximum atomic E-state index is 9.59. The van der Waals surface area contributed by atoms with Crippen molar-refractivity contribution in [1.82, 2.24) is 4.90 Å². The average molecular weight is 213 g/mol. The van der Waals surface area contributed by atoms with Crippen LogP contribution in [-0.4, -0.2) is 17.1 Å². The smallest absolute Gasteiger partial charge is 0.122 e. The zero-order chi connectivity index (χ0) is 11.4. The lowest BCUT2D eigenvalue weighted by Crippen LogP contribution is -2.06. The van der Waals surface area contributed by atoms with Gasteiger partial charge in [0.25, 0.3) is 0 Å². The average Bonchev–Trinajstić information content (AvgIpc) is 2.30.